The molecule has 1 nitrogen and oxygen atoms in total. The van der Waals surface area contributed by atoms with Crippen molar-refractivity contribution < 1.29 is 0 Å². The molecule has 0 aromatic heterocycles. The van der Waals surface area contributed by atoms with Crippen LogP contribution in [0.25, 0.3) is 0 Å². The predicted octanol–water partition coefficient (Wildman–Crippen LogP) is 4.06. The van der Waals surface area contributed by atoms with Gasteiger partial charge in [0, 0.05) is 0 Å². The summed E-state index contributed by atoms with van der Waals surface area (Å²) in [5.41, 5.74) is 9.92. The van der Waals surface area contributed by atoms with Crippen molar-refractivity contribution in [2.45, 2.75) is 32.1 Å². The Morgan fingerprint density at radius 1 is 0.895 bits per heavy atom. The predicted molar refractivity (Wildman–Crippen MR) is 82.4 cm³/mol. The van der Waals surface area contributed by atoms with Crippen LogP contribution in [-0.2, 0) is 6.42 Å². The van der Waals surface area contributed by atoms with Crippen LogP contribution in [0.2, 0.25) is 0 Å². The van der Waals surface area contributed by atoms with Crippen LogP contribution in [0.5, 0.6) is 0 Å². The second-order valence-corrected chi connectivity index (χ2v) is 5.21. The topological polar surface area (TPSA) is 26.0 Å². The van der Waals surface area contributed by atoms with Gasteiger partial charge < -0.3 is 5.73 Å². The maximum absolute atomic E-state index is 5.76. The van der Waals surface area contributed by atoms with E-state index in [-0.39, 0.29) is 0 Å². The molecule has 0 fully saturated rings. The molecule has 0 radical (unpaired) electrons. The number of hydrogen-bond donors (Lipinski definition) is 1. The molecule has 1 heteroatoms. The lowest BCUT2D eigenvalue weighted by atomic mass is 9.89. The zero-order chi connectivity index (χ0) is 13.5. The van der Waals surface area contributed by atoms with Gasteiger partial charge in [0.1, 0.15) is 0 Å². The minimum atomic E-state index is 0.576. The van der Waals surface area contributed by atoms with E-state index in [4.69, 9.17) is 5.73 Å². The number of hydrogen-bond acceptors (Lipinski definition) is 1. The molecule has 0 bridgehead atoms. The van der Waals surface area contributed by atoms with Gasteiger partial charge in [-0.3, -0.25) is 0 Å². The van der Waals surface area contributed by atoms with Crippen molar-refractivity contribution in [3.63, 3.8) is 0 Å². The van der Waals surface area contributed by atoms with Crippen LogP contribution in [0.1, 0.15) is 35.4 Å². The van der Waals surface area contributed by atoms with E-state index >= 15 is 0 Å². The molecule has 100 valence electrons. The Balaban J connectivity index is 1.99. The molecule has 0 saturated heterocycles. The van der Waals surface area contributed by atoms with Crippen molar-refractivity contribution >= 4 is 0 Å². The number of aryl methyl sites for hydroxylation is 2. The van der Waals surface area contributed by atoms with Crippen LogP contribution in [0.3, 0.4) is 0 Å². The molecular formula is C18H23N. The lowest BCUT2D eigenvalue weighted by Gasteiger charge is -2.16. The minimum Gasteiger partial charge on any atom is -0.330 e. The average Bonchev–Trinajstić information content (AvgIpc) is 2.46. The number of benzene rings is 2. The maximum atomic E-state index is 5.76. The second-order valence-electron chi connectivity index (χ2n) is 5.21. The Bertz CT molecular complexity index is 473. The molecule has 2 N–H and O–H groups in total. The van der Waals surface area contributed by atoms with Crippen molar-refractivity contribution in [1.29, 1.82) is 0 Å². The number of rotatable bonds is 6. The third-order valence-corrected chi connectivity index (χ3v) is 3.69. The van der Waals surface area contributed by atoms with E-state index in [9.17, 15) is 0 Å². The highest BCUT2D eigenvalue weighted by Crippen LogP contribution is 2.24. The summed E-state index contributed by atoms with van der Waals surface area (Å²) in [5.74, 6) is 0.576. The lowest BCUT2D eigenvalue weighted by Crippen LogP contribution is -2.08. The van der Waals surface area contributed by atoms with Crippen molar-refractivity contribution in [2.75, 3.05) is 6.54 Å². The molecule has 19 heavy (non-hydrogen) atoms. The first kappa shape index (κ1) is 13.8. The van der Waals surface area contributed by atoms with Crippen molar-refractivity contribution in [3.8, 4) is 0 Å². The van der Waals surface area contributed by atoms with E-state index in [0.29, 0.717) is 5.92 Å². The standard InChI is InChI=1S/C18H23N/c1-15-7-9-16(10-8-15)11-12-18(13-14-19)17-5-3-2-4-6-17/h2-10,18H,11-14,19H2,1H3. The highest BCUT2D eigenvalue weighted by molar-refractivity contribution is 5.23. The van der Waals surface area contributed by atoms with E-state index in [0.717, 1.165) is 19.4 Å². The molecule has 1 atom stereocenters. The van der Waals surface area contributed by atoms with Crippen molar-refractivity contribution in [3.05, 3.63) is 71.3 Å². The Morgan fingerprint density at radius 3 is 2.21 bits per heavy atom. The fourth-order valence-electron chi connectivity index (χ4n) is 2.50. The van der Waals surface area contributed by atoms with Crippen LogP contribution < -0.4 is 5.73 Å². The Kier molecular flexibility index (Phi) is 5.17. The third-order valence-electron chi connectivity index (χ3n) is 3.69. The summed E-state index contributed by atoms with van der Waals surface area (Å²) in [5, 5.41) is 0. The molecule has 0 aliphatic carbocycles. The van der Waals surface area contributed by atoms with Crippen LogP contribution in [-0.4, -0.2) is 6.54 Å². The minimum absolute atomic E-state index is 0.576. The monoisotopic (exact) mass is 253 g/mol. The van der Waals surface area contributed by atoms with Gasteiger partial charge in [0.15, 0.2) is 0 Å². The Morgan fingerprint density at radius 2 is 1.58 bits per heavy atom. The molecule has 0 saturated carbocycles. The fraction of sp³-hybridized carbons (Fsp3) is 0.333. The summed E-state index contributed by atoms with van der Waals surface area (Å²) in [6, 6.07) is 19.6. The quantitative estimate of drug-likeness (QED) is 0.825. The Hall–Kier alpha value is -1.60. The van der Waals surface area contributed by atoms with Crippen molar-refractivity contribution in [2.24, 2.45) is 5.73 Å². The van der Waals surface area contributed by atoms with Gasteiger partial charge in [-0.15, -0.1) is 0 Å². The van der Waals surface area contributed by atoms with Crippen LogP contribution in [0.4, 0.5) is 0 Å². The van der Waals surface area contributed by atoms with E-state index in [2.05, 4.69) is 61.5 Å². The molecule has 0 heterocycles. The van der Waals surface area contributed by atoms with Gasteiger partial charge in [-0.25, -0.2) is 0 Å². The third kappa shape index (κ3) is 4.22. The highest BCUT2D eigenvalue weighted by Gasteiger charge is 2.10. The summed E-state index contributed by atoms with van der Waals surface area (Å²) in [7, 11) is 0. The molecule has 2 rings (SSSR count). The molecule has 0 aliphatic heterocycles. The average molecular weight is 253 g/mol. The summed E-state index contributed by atoms with van der Waals surface area (Å²) < 4.78 is 0. The van der Waals surface area contributed by atoms with E-state index < -0.39 is 0 Å². The Labute approximate surface area is 116 Å². The SMILES string of the molecule is Cc1ccc(CCC(CCN)c2ccccc2)cc1. The van der Waals surface area contributed by atoms with Crippen LogP contribution in [0, 0.1) is 6.92 Å². The summed E-state index contributed by atoms with van der Waals surface area (Å²) >= 11 is 0. The molecule has 0 amide bonds. The molecule has 0 spiro atoms. The van der Waals surface area contributed by atoms with Gasteiger partial charge in [-0.1, -0.05) is 60.2 Å². The largest absolute Gasteiger partial charge is 0.330 e. The smallest absolute Gasteiger partial charge is 0.00714 e. The van der Waals surface area contributed by atoms with Crippen LogP contribution >= 0.6 is 0 Å². The first-order valence-corrected chi connectivity index (χ1v) is 7.10. The molecule has 2 aromatic carbocycles. The zero-order valence-electron chi connectivity index (χ0n) is 11.7. The lowest BCUT2D eigenvalue weighted by molar-refractivity contribution is 0.584. The zero-order valence-corrected chi connectivity index (χ0v) is 11.7. The van der Waals surface area contributed by atoms with Gasteiger partial charge >= 0.3 is 0 Å². The van der Waals surface area contributed by atoms with Gasteiger partial charge in [0.2, 0.25) is 0 Å². The molecule has 2 aromatic rings. The van der Waals surface area contributed by atoms with Crippen LogP contribution in [0.15, 0.2) is 54.6 Å². The number of nitrogens with two attached hydrogens (primary N) is 1. The van der Waals surface area contributed by atoms with E-state index in [1.54, 1.807) is 0 Å². The van der Waals surface area contributed by atoms with Gasteiger partial charge in [-0.05, 0) is 49.8 Å². The van der Waals surface area contributed by atoms with Gasteiger partial charge in [0.25, 0.3) is 0 Å². The summed E-state index contributed by atoms with van der Waals surface area (Å²) in [4.78, 5) is 0. The molecular weight excluding hydrogens is 230 g/mol. The first-order chi connectivity index (χ1) is 9.29. The molecule has 1 unspecified atom stereocenters. The van der Waals surface area contributed by atoms with Crippen molar-refractivity contribution in [1.82, 2.24) is 0 Å². The summed E-state index contributed by atoms with van der Waals surface area (Å²) in [6.45, 7) is 2.89. The van der Waals surface area contributed by atoms with Gasteiger partial charge in [0.05, 0.1) is 0 Å². The maximum Gasteiger partial charge on any atom is -0.00714 e. The van der Waals surface area contributed by atoms with E-state index in [1.165, 1.54) is 23.1 Å². The summed E-state index contributed by atoms with van der Waals surface area (Å²) in [6.07, 6.45) is 3.36. The molecule has 0 aliphatic rings. The highest BCUT2D eigenvalue weighted by atomic mass is 14.5. The van der Waals surface area contributed by atoms with E-state index in [1.807, 2.05) is 0 Å². The second kappa shape index (κ2) is 7.10. The fourth-order valence-corrected chi connectivity index (χ4v) is 2.50. The normalized spacial score (nSPS) is 12.3. The van der Waals surface area contributed by atoms with Gasteiger partial charge in [-0.2, -0.15) is 0 Å². The first-order valence-electron chi connectivity index (χ1n) is 7.10.